The molecule has 1 saturated carbocycles. The van der Waals surface area contributed by atoms with Crippen LogP contribution in [0.25, 0.3) is 0 Å². The molecule has 0 amide bonds. The average molecular weight is 444 g/mol. The van der Waals surface area contributed by atoms with Gasteiger partial charge in [0.15, 0.2) is 0 Å². The lowest BCUT2D eigenvalue weighted by molar-refractivity contribution is 0.256. The average Bonchev–Trinajstić information content (AvgIpc) is 2.75. The Labute approximate surface area is 175 Å². The summed E-state index contributed by atoms with van der Waals surface area (Å²) in [5.41, 5.74) is 1.22. The number of rotatable bonds is 7. The maximum absolute atomic E-state index is 13.0. The molecule has 0 spiro atoms. The van der Waals surface area contributed by atoms with Crippen molar-refractivity contribution in [3.05, 3.63) is 29.8 Å². The Morgan fingerprint density at radius 2 is 1.34 bits per heavy atom. The van der Waals surface area contributed by atoms with Crippen LogP contribution in [0.2, 0.25) is 0 Å². The van der Waals surface area contributed by atoms with E-state index >= 15 is 0 Å². The van der Waals surface area contributed by atoms with Crippen LogP contribution < -0.4 is 0 Å². The van der Waals surface area contributed by atoms with Crippen LogP contribution in [0.1, 0.15) is 57.4 Å². The summed E-state index contributed by atoms with van der Waals surface area (Å²) < 4.78 is 55.5. The van der Waals surface area contributed by atoms with Crippen molar-refractivity contribution in [3.8, 4) is 0 Å². The van der Waals surface area contributed by atoms with E-state index in [4.69, 9.17) is 0 Å². The summed E-state index contributed by atoms with van der Waals surface area (Å²) in [6, 6.07) is 7.31. The van der Waals surface area contributed by atoms with Gasteiger partial charge in [-0.05, 0) is 36.5 Å². The zero-order chi connectivity index (χ0) is 21.1. The second kappa shape index (κ2) is 9.43. The third kappa shape index (κ3) is 4.85. The Morgan fingerprint density at radius 3 is 1.86 bits per heavy atom. The second-order valence-electron chi connectivity index (χ2n) is 7.80. The molecule has 0 atom stereocenters. The second-order valence-corrected chi connectivity index (χ2v) is 11.7. The molecule has 1 aliphatic carbocycles. The van der Waals surface area contributed by atoms with E-state index in [2.05, 4.69) is 0 Å². The lowest BCUT2D eigenvalue weighted by Crippen LogP contribution is -2.54. The highest BCUT2D eigenvalue weighted by molar-refractivity contribution is 7.89. The minimum absolute atomic E-state index is 0.174. The Balaban J connectivity index is 1.67. The maximum Gasteiger partial charge on any atom is 0.282 e. The maximum atomic E-state index is 13.0. The molecule has 0 N–H and O–H groups in total. The minimum Gasteiger partial charge on any atom is -0.207 e. The van der Waals surface area contributed by atoms with E-state index in [1.807, 2.05) is 12.1 Å². The van der Waals surface area contributed by atoms with Crippen LogP contribution in [0.5, 0.6) is 0 Å². The van der Waals surface area contributed by atoms with E-state index in [9.17, 15) is 16.8 Å². The number of hydrogen-bond acceptors (Lipinski definition) is 4. The number of sulfonamides is 1. The quantitative estimate of drug-likeness (QED) is 0.649. The first-order chi connectivity index (χ1) is 13.8. The Morgan fingerprint density at radius 1 is 0.828 bits per heavy atom. The summed E-state index contributed by atoms with van der Waals surface area (Å²) in [7, 11) is -7.14. The van der Waals surface area contributed by atoms with Gasteiger partial charge >= 0.3 is 0 Å². The molecule has 1 saturated heterocycles. The van der Waals surface area contributed by atoms with E-state index in [1.54, 1.807) is 26.0 Å². The Hall–Kier alpha value is -1.00. The first-order valence-corrected chi connectivity index (χ1v) is 13.5. The monoisotopic (exact) mass is 443 g/mol. The SMILES string of the molecule is CCN(CC)S(=O)(=O)N1CCN(S(=O)(=O)c2ccc(C3CCCCC3)cc2)CC1. The molecule has 0 radical (unpaired) electrons. The van der Waals surface area contributed by atoms with Gasteiger partial charge in [-0.25, -0.2) is 8.42 Å². The highest BCUT2D eigenvalue weighted by Crippen LogP contribution is 2.33. The highest BCUT2D eigenvalue weighted by atomic mass is 32.2. The van der Waals surface area contributed by atoms with Crippen LogP contribution in [-0.4, -0.2) is 69.0 Å². The largest absolute Gasteiger partial charge is 0.282 e. The third-order valence-corrected chi connectivity index (χ3v) is 10.2. The molecule has 1 aromatic rings. The van der Waals surface area contributed by atoms with Crippen molar-refractivity contribution in [2.75, 3.05) is 39.3 Å². The van der Waals surface area contributed by atoms with Gasteiger partial charge in [0, 0.05) is 39.3 Å². The summed E-state index contributed by atoms with van der Waals surface area (Å²) in [4.78, 5) is 0.289. The number of piperazine rings is 1. The molecule has 29 heavy (non-hydrogen) atoms. The summed E-state index contributed by atoms with van der Waals surface area (Å²) in [6.07, 6.45) is 6.12. The van der Waals surface area contributed by atoms with Gasteiger partial charge in [0.25, 0.3) is 10.2 Å². The predicted molar refractivity (Wildman–Crippen MR) is 114 cm³/mol. The molecule has 1 heterocycles. The fourth-order valence-electron chi connectivity index (χ4n) is 4.35. The molecule has 0 aromatic heterocycles. The van der Waals surface area contributed by atoms with Crippen molar-refractivity contribution < 1.29 is 16.8 Å². The normalized spacial score (nSPS) is 20.9. The van der Waals surface area contributed by atoms with Crippen LogP contribution in [0, 0.1) is 0 Å². The van der Waals surface area contributed by atoms with Crippen LogP contribution >= 0.6 is 0 Å². The van der Waals surface area contributed by atoms with Gasteiger partial charge in [-0.1, -0.05) is 45.2 Å². The van der Waals surface area contributed by atoms with Gasteiger partial charge in [-0.2, -0.15) is 21.3 Å². The molecule has 2 fully saturated rings. The van der Waals surface area contributed by atoms with E-state index in [0.717, 1.165) is 0 Å². The minimum atomic E-state index is -3.61. The fourth-order valence-corrected chi connectivity index (χ4v) is 7.38. The van der Waals surface area contributed by atoms with Crippen molar-refractivity contribution in [1.29, 1.82) is 0 Å². The van der Waals surface area contributed by atoms with Crippen molar-refractivity contribution in [3.63, 3.8) is 0 Å². The summed E-state index contributed by atoms with van der Waals surface area (Å²) in [5.74, 6) is 0.536. The molecular formula is C20H33N3O4S2. The molecule has 9 heteroatoms. The van der Waals surface area contributed by atoms with E-state index < -0.39 is 20.2 Å². The van der Waals surface area contributed by atoms with Crippen LogP contribution in [0.4, 0.5) is 0 Å². The molecule has 3 rings (SSSR count). The number of nitrogens with zero attached hydrogens (tertiary/aromatic N) is 3. The topological polar surface area (TPSA) is 78.0 Å². The summed E-state index contributed by atoms with van der Waals surface area (Å²) in [5, 5.41) is 0. The molecular weight excluding hydrogens is 410 g/mol. The molecule has 2 aliphatic rings. The zero-order valence-electron chi connectivity index (χ0n) is 17.5. The van der Waals surface area contributed by atoms with E-state index in [0.29, 0.717) is 19.0 Å². The van der Waals surface area contributed by atoms with E-state index in [1.165, 1.54) is 50.6 Å². The third-order valence-electron chi connectivity index (χ3n) is 6.15. The Kier molecular flexibility index (Phi) is 7.37. The summed E-state index contributed by atoms with van der Waals surface area (Å²) in [6.45, 7) is 5.13. The highest BCUT2D eigenvalue weighted by Gasteiger charge is 2.35. The summed E-state index contributed by atoms with van der Waals surface area (Å²) >= 11 is 0. The molecule has 1 aromatic carbocycles. The predicted octanol–water partition coefficient (Wildman–Crippen LogP) is 2.63. The van der Waals surface area contributed by atoms with Gasteiger partial charge in [0.2, 0.25) is 10.0 Å². The molecule has 1 aliphatic heterocycles. The Bertz CT molecular complexity index is 867. The van der Waals surface area contributed by atoms with Crippen molar-refractivity contribution in [2.24, 2.45) is 0 Å². The molecule has 7 nitrogen and oxygen atoms in total. The number of benzene rings is 1. The van der Waals surface area contributed by atoms with Gasteiger partial charge in [0.05, 0.1) is 4.90 Å². The van der Waals surface area contributed by atoms with Gasteiger partial charge in [0.1, 0.15) is 0 Å². The van der Waals surface area contributed by atoms with Gasteiger partial charge < -0.3 is 0 Å². The lowest BCUT2D eigenvalue weighted by Gasteiger charge is -2.35. The van der Waals surface area contributed by atoms with Gasteiger partial charge in [-0.15, -0.1) is 0 Å². The first kappa shape index (κ1) is 22.7. The van der Waals surface area contributed by atoms with Gasteiger partial charge in [-0.3, -0.25) is 0 Å². The van der Waals surface area contributed by atoms with Crippen LogP contribution in [0.15, 0.2) is 29.2 Å². The standard InChI is InChI=1S/C20H33N3O4S2/c1-3-21(4-2)29(26,27)23-16-14-22(15-17-23)28(24,25)20-12-10-19(11-13-20)18-8-6-5-7-9-18/h10-13,18H,3-9,14-17H2,1-2H3. The molecule has 0 unspecified atom stereocenters. The first-order valence-electron chi connectivity index (χ1n) is 10.7. The smallest absolute Gasteiger partial charge is 0.207 e. The zero-order valence-corrected chi connectivity index (χ0v) is 19.1. The van der Waals surface area contributed by atoms with Crippen molar-refractivity contribution in [2.45, 2.75) is 56.8 Å². The lowest BCUT2D eigenvalue weighted by atomic mass is 9.84. The van der Waals surface area contributed by atoms with Crippen molar-refractivity contribution >= 4 is 20.2 Å². The van der Waals surface area contributed by atoms with Crippen molar-refractivity contribution in [1.82, 2.24) is 12.9 Å². The molecule has 0 bridgehead atoms. The van der Waals surface area contributed by atoms with E-state index in [-0.39, 0.29) is 31.1 Å². The van der Waals surface area contributed by atoms with Crippen LogP contribution in [0.3, 0.4) is 0 Å². The number of hydrogen-bond donors (Lipinski definition) is 0. The van der Waals surface area contributed by atoms with Crippen LogP contribution in [-0.2, 0) is 20.2 Å². The molecule has 164 valence electrons. The fraction of sp³-hybridized carbons (Fsp3) is 0.700.